The number of fused-ring (bicyclic) bond motifs is 2. The minimum atomic E-state index is -1.73. The number of carbonyl (C=O) groups is 3. The van der Waals surface area contributed by atoms with Gasteiger partial charge in [-0.2, -0.15) is 0 Å². The van der Waals surface area contributed by atoms with Gasteiger partial charge in [0.05, 0.1) is 12.2 Å². The van der Waals surface area contributed by atoms with Crippen LogP contribution in [0.25, 0.3) is 5.76 Å². The van der Waals surface area contributed by atoms with E-state index in [4.69, 9.17) is 4.74 Å². The van der Waals surface area contributed by atoms with E-state index in [1.165, 1.54) is 9.80 Å². The Morgan fingerprint density at radius 1 is 1.06 bits per heavy atom. The van der Waals surface area contributed by atoms with Gasteiger partial charge in [-0.3, -0.25) is 14.4 Å². The Hall–Kier alpha value is -3.65. The minimum absolute atomic E-state index is 0.145. The van der Waals surface area contributed by atoms with Gasteiger partial charge in [-0.1, -0.05) is 25.1 Å². The van der Waals surface area contributed by atoms with Crippen LogP contribution in [0.3, 0.4) is 0 Å². The number of hydrogen-bond donors (Lipinski definition) is 1. The molecule has 1 N–H and O–H groups in total. The fraction of sp³-hybridized carbons (Fsp3) is 0.346. The van der Waals surface area contributed by atoms with Crippen molar-refractivity contribution in [2.24, 2.45) is 0 Å². The van der Waals surface area contributed by atoms with Crippen molar-refractivity contribution < 1.29 is 24.2 Å². The van der Waals surface area contributed by atoms with Crippen molar-refractivity contribution in [3.63, 3.8) is 0 Å². The van der Waals surface area contributed by atoms with E-state index in [9.17, 15) is 19.5 Å². The maximum atomic E-state index is 13.9. The number of nitrogens with zero attached hydrogens (tertiary/aromatic N) is 3. The van der Waals surface area contributed by atoms with Crippen LogP contribution in [0.5, 0.6) is 5.75 Å². The first-order valence-electron chi connectivity index (χ1n) is 11.3. The first-order chi connectivity index (χ1) is 16.2. The third-order valence-corrected chi connectivity index (χ3v) is 6.31. The number of aliphatic hydroxyl groups is 1. The molecule has 8 nitrogen and oxygen atoms in total. The summed E-state index contributed by atoms with van der Waals surface area (Å²) < 4.78 is 5.60. The standard InChI is InChI=1S/C26H29N3O5/c1-5-16-34-18-12-10-17(11-13-18)22(30)21-23(31)24(32)29(15-14-27(2)3)26(21)19-8-6-7-9-20(19)28(4)25(26)33/h6-13,30H,5,14-16H2,1-4H3. The third-order valence-electron chi connectivity index (χ3n) is 6.31. The molecule has 0 aromatic heterocycles. The first-order valence-corrected chi connectivity index (χ1v) is 11.3. The number of ether oxygens (including phenoxy) is 1. The highest BCUT2D eigenvalue weighted by molar-refractivity contribution is 6.50. The lowest BCUT2D eigenvalue weighted by atomic mass is 9.82. The van der Waals surface area contributed by atoms with Crippen LogP contribution in [0.2, 0.25) is 0 Å². The van der Waals surface area contributed by atoms with E-state index < -0.39 is 23.1 Å². The lowest BCUT2D eigenvalue weighted by Gasteiger charge is -2.34. The second-order valence-corrected chi connectivity index (χ2v) is 8.78. The Bertz CT molecular complexity index is 1170. The van der Waals surface area contributed by atoms with Gasteiger partial charge >= 0.3 is 0 Å². The molecule has 0 saturated carbocycles. The number of ketones is 1. The summed E-state index contributed by atoms with van der Waals surface area (Å²) in [5.41, 5.74) is -0.505. The number of rotatable bonds is 7. The summed E-state index contributed by atoms with van der Waals surface area (Å²) in [6.07, 6.45) is 0.855. The Balaban J connectivity index is 1.93. The Morgan fingerprint density at radius 3 is 2.38 bits per heavy atom. The van der Waals surface area contributed by atoms with E-state index in [1.807, 2.05) is 25.9 Å². The average molecular weight is 464 g/mol. The lowest BCUT2D eigenvalue weighted by Crippen LogP contribution is -2.52. The molecular formula is C26H29N3O5. The summed E-state index contributed by atoms with van der Waals surface area (Å²) in [4.78, 5) is 45.1. The van der Waals surface area contributed by atoms with E-state index in [2.05, 4.69) is 0 Å². The predicted octanol–water partition coefficient (Wildman–Crippen LogP) is 2.59. The van der Waals surface area contributed by atoms with Gasteiger partial charge in [0.2, 0.25) is 0 Å². The second-order valence-electron chi connectivity index (χ2n) is 8.78. The summed E-state index contributed by atoms with van der Waals surface area (Å²) in [5.74, 6) is -1.88. The minimum Gasteiger partial charge on any atom is -0.507 e. The largest absolute Gasteiger partial charge is 0.507 e. The molecular weight excluding hydrogens is 434 g/mol. The molecule has 1 spiro atoms. The highest BCUT2D eigenvalue weighted by Gasteiger charge is 2.66. The van der Waals surface area contributed by atoms with Crippen molar-refractivity contribution in [3.05, 3.63) is 65.2 Å². The summed E-state index contributed by atoms with van der Waals surface area (Å²) in [6.45, 7) is 3.15. The molecule has 0 radical (unpaired) electrons. The van der Waals surface area contributed by atoms with Gasteiger partial charge < -0.3 is 24.5 Å². The molecule has 1 fully saturated rings. The SMILES string of the molecule is CCCOc1ccc(C(O)=C2C(=O)C(=O)N(CCN(C)C)C23C(=O)N(C)c2ccccc23)cc1. The molecule has 4 rings (SSSR count). The zero-order valence-electron chi connectivity index (χ0n) is 19.9. The van der Waals surface area contributed by atoms with Crippen LogP contribution >= 0.6 is 0 Å². The van der Waals surface area contributed by atoms with Gasteiger partial charge in [-0.05, 0) is 50.8 Å². The van der Waals surface area contributed by atoms with Crippen LogP contribution in [0.15, 0.2) is 54.1 Å². The molecule has 34 heavy (non-hydrogen) atoms. The van der Waals surface area contributed by atoms with Gasteiger partial charge in [0.1, 0.15) is 11.5 Å². The van der Waals surface area contributed by atoms with Crippen molar-refractivity contribution in [1.29, 1.82) is 0 Å². The normalized spacial score (nSPS) is 21.1. The molecule has 0 aliphatic carbocycles. The average Bonchev–Trinajstić information content (AvgIpc) is 3.19. The summed E-state index contributed by atoms with van der Waals surface area (Å²) >= 11 is 0. The number of likely N-dealkylation sites (N-methyl/N-ethyl adjacent to an activating group) is 2. The highest BCUT2D eigenvalue weighted by atomic mass is 16.5. The number of likely N-dealkylation sites (tertiary alicyclic amines) is 1. The highest BCUT2D eigenvalue weighted by Crippen LogP contribution is 2.53. The number of hydrogen-bond acceptors (Lipinski definition) is 6. The van der Waals surface area contributed by atoms with Crippen LogP contribution in [-0.2, 0) is 19.9 Å². The zero-order valence-corrected chi connectivity index (χ0v) is 19.9. The molecule has 2 aliphatic rings. The molecule has 2 heterocycles. The topological polar surface area (TPSA) is 90.4 Å². The molecule has 2 aromatic rings. The quantitative estimate of drug-likeness (QED) is 0.386. The smallest absolute Gasteiger partial charge is 0.296 e. The first kappa shape index (κ1) is 23.5. The van der Waals surface area contributed by atoms with E-state index in [0.29, 0.717) is 35.7 Å². The Labute approximate surface area is 199 Å². The Morgan fingerprint density at radius 2 is 1.74 bits per heavy atom. The summed E-state index contributed by atoms with van der Waals surface area (Å²) in [6, 6.07) is 13.7. The summed E-state index contributed by atoms with van der Waals surface area (Å²) in [5, 5.41) is 11.4. The van der Waals surface area contributed by atoms with Crippen molar-refractivity contribution >= 4 is 29.0 Å². The van der Waals surface area contributed by atoms with Gasteiger partial charge in [0.25, 0.3) is 17.6 Å². The van der Waals surface area contributed by atoms with Gasteiger partial charge in [-0.25, -0.2) is 0 Å². The number of Topliss-reactive ketones (excluding diaryl/α,β-unsaturated/α-hetero) is 1. The van der Waals surface area contributed by atoms with Crippen molar-refractivity contribution in [3.8, 4) is 5.75 Å². The number of para-hydroxylation sites is 1. The van der Waals surface area contributed by atoms with Crippen LogP contribution in [0, 0.1) is 0 Å². The van der Waals surface area contributed by atoms with Crippen LogP contribution in [-0.4, -0.2) is 73.3 Å². The number of benzene rings is 2. The second kappa shape index (κ2) is 8.95. The van der Waals surface area contributed by atoms with E-state index in [-0.39, 0.29) is 17.9 Å². The Kier molecular flexibility index (Phi) is 6.18. The monoisotopic (exact) mass is 463 g/mol. The molecule has 178 valence electrons. The summed E-state index contributed by atoms with van der Waals surface area (Å²) in [7, 11) is 5.31. The molecule has 2 amide bonds. The molecule has 1 unspecified atom stereocenters. The number of amides is 2. The van der Waals surface area contributed by atoms with E-state index in [0.717, 1.165) is 6.42 Å². The van der Waals surface area contributed by atoms with Crippen LogP contribution in [0.4, 0.5) is 5.69 Å². The fourth-order valence-corrected chi connectivity index (χ4v) is 4.64. The molecule has 1 atom stereocenters. The van der Waals surface area contributed by atoms with Gasteiger partial charge in [0, 0.05) is 37.0 Å². The van der Waals surface area contributed by atoms with Crippen molar-refractivity contribution in [2.45, 2.75) is 18.9 Å². The zero-order chi connectivity index (χ0) is 24.6. The van der Waals surface area contributed by atoms with Crippen molar-refractivity contribution in [1.82, 2.24) is 9.80 Å². The maximum absolute atomic E-state index is 13.9. The molecule has 2 aliphatic heterocycles. The van der Waals surface area contributed by atoms with Crippen LogP contribution < -0.4 is 9.64 Å². The molecule has 0 bridgehead atoms. The number of carbonyl (C=O) groups excluding carboxylic acids is 3. The van der Waals surface area contributed by atoms with Crippen molar-refractivity contribution in [2.75, 3.05) is 45.7 Å². The van der Waals surface area contributed by atoms with E-state index in [1.54, 1.807) is 55.6 Å². The number of aliphatic hydroxyl groups excluding tert-OH is 1. The molecule has 8 heteroatoms. The van der Waals surface area contributed by atoms with Gasteiger partial charge in [0.15, 0.2) is 5.54 Å². The maximum Gasteiger partial charge on any atom is 0.296 e. The van der Waals surface area contributed by atoms with E-state index >= 15 is 0 Å². The molecule has 2 aromatic carbocycles. The number of anilines is 1. The third kappa shape index (κ3) is 3.45. The molecule has 1 saturated heterocycles. The predicted molar refractivity (Wildman–Crippen MR) is 129 cm³/mol. The lowest BCUT2D eigenvalue weighted by molar-refractivity contribution is -0.143. The van der Waals surface area contributed by atoms with Crippen LogP contribution in [0.1, 0.15) is 24.5 Å². The van der Waals surface area contributed by atoms with Gasteiger partial charge in [-0.15, -0.1) is 0 Å². The fourth-order valence-electron chi connectivity index (χ4n) is 4.64.